The maximum Gasteiger partial charge on any atom is 0.234 e. The number of carbonyl (C=O) groups is 1. The number of rotatable bonds is 3. The number of para-hydroxylation sites is 1. The number of ether oxygens (including phenoxy) is 2. The predicted octanol–water partition coefficient (Wildman–Crippen LogP) is 5.01. The molecule has 2 aromatic heterocycles. The molecule has 1 aliphatic heterocycles. The Morgan fingerprint density at radius 2 is 2.04 bits per heavy atom. The van der Waals surface area contributed by atoms with Gasteiger partial charge in [0, 0.05) is 5.39 Å². The summed E-state index contributed by atoms with van der Waals surface area (Å²) in [4.78, 5) is 13.1. The molecule has 1 aliphatic rings. The number of hydrogen-bond acceptors (Lipinski definition) is 6. The maximum atomic E-state index is 13.1. The maximum absolute atomic E-state index is 13.1. The second kappa shape index (κ2) is 5.89. The Kier molecular flexibility index (Phi) is 3.48. The van der Waals surface area contributed by atoms with Gasteiger partial charge in [-0.15, -0.1) is 0 Å². The molecule has 3 heterocycles. The first-order valence-electron chi connectivity index (χ1n) is 8.42. The van der Waals surface area contributed by atoms with Gasteiger partial charge in [-0.3, -0.25) is 4.79 Å². The fourth-order valence-electron chi connectivity index (χ4n) is 3.34. The number of furan rings is 1. The Balaban J connectivity index is 1.62. The van der Waals surface area contributed by atoms with E-state index in [1.165, 1.54) is 5.56 Å². The summed E-state index contributed by atoms with van der Waals surface area (Å²) in [6.07, 6.45) is 0. The standard InChI is InChI=1S/C21H15NO4S/c1-11-8-27-9-15(11)12-5-6-13-17(7-12)26-21(18(13)22)19(23)14-3-2-4-16-20(14)25-10-24-16/h2-9H,10,22H2,1H3. The molecule has 0 aliphatic carbocycles. The van der Waals surface area contributed by atoms with Crippen molar-refractivity contribution in [3.63, 3.8) is 0 Å². The quantitative estimate of drug-likeness (QED) is 0.508. The third kappa shape index (κ3) is 2.41. The first-order valence-corrected chi connectivity index (χ1v) is 9.36. The van der Waals surface area contributed by atoms with Crippen molar-refractivity contribution >= 4 is 33.8 Å². The van der Waals surface area contributed by atoms with Crippen LogP contribution in [0.5, 0.6) is 11.5 Å². The molecule has 6 heteroatoms. The van der Waals surface area contributed by atoms with E-state index in [9.17, 15) is 4.79 Å². The molecule has 0 bridgehead atoms. The van der Waals surface area contributed by atoms with Crippen molar-refractivity contribution in [2.45, 2.75) is 6.92 Å². The highest BCUT2D eigenvalue weighted by Gasteiger charge is 2.27. The topological polar surface area (TPSA) is 74.7 Å². The van der Waals surface area contributed by atoms with Gasteiger partial charge < -0.3 is 19.6 Å². The molecular weight excluding hydrogens is 362 g/mol. The lowest BCUT2D eigenvalue weighted by atomic mass is 10.0. The number of thiophene rings is 1. The molecule has 0 saturated heterocycles. The Labute approximate surface area is 158 Å². The van der Waals surface area contributed by atoms with Crippen LogP contribution >= 0.6 is 11.3 Å². The number of benzene rings is 2. The minimum absolute atomic E-state index is 0.0958. The largest absolute Gasteiger partial charge is 0.454 e. The predicted molar refractivity (Wildman–Crippen MR) is 105 cm³/mol. The lowest BCUT2D eigenvalue weighted by molar-refractivity contribution is 0.101. The summed E-state index contributed by atoms with van der Waals surface area (Å²) in [6, 6.07) is 11.0. The summed E-state index contributed by atoms with van der Waals surface area (Å²) < 4.78 is 16.7. The van der Waals surface area contributed by atoms with E-state index in [0.717, 1.165) is 16.5 Å². The first-order chi connectivity index (χ1) is 13.1. The van der Waals surface area contributed by atoms with Crippen LogP contribution in [0.3, 0.4) is 0 Å². The third-order valence-corrected chi connectivity index (χ3v) is 5.60. The van der Waals surface area contributed by atoms with Gasteiger partial charge in [0.2, 0.25) is 12.6 Å². The molecule has 4 aromatic rings. The van der Waals surface area contributed by atoms with Gasteiger partial charge in [-0.1, -0.05) is 12.1 Å². The highest BCUT2D eigenvalue weighted by molar-refractivity contribution is 7.08. The van der Waals surface area contributed by atoms with Gasteiger partial charge in [-0.2, -0.15) is 11.3 Å². The second-order valence-electron chi connectivity index (χ2n) is 6.39. The van der Waals surface area contributed by atoms with Gasteiger partial charge in [0.05, 0.1) is 11.3 Å². The van der Waals surface area contributed by atoms with Gasteiger partial charge in [0.15, 0.2) is 17.3 Å². The lowest BCUT2D eigenvalue weighted by Gasteiger charge is -2.03. The van der Waals surface area contributed by atoms with Crippen LogP contribution < -0.4 is 15.2 Å². The van der Waals surface area contributed by atoms with E-state index in [1.54, 1.807) is 29.5 Å². The molecule has 2 aromatic carbocycles. The zero-order valence-electron chi connectivity index (χ0n) is 14.4. The van der Waals surface area contributed by atoms with Crippen LogP contribution in [0.1, 0.15) is 21.7 Å². The molecule has 0 unspecified atom stereocenters. The van der Waals surface area contributed by atoms with Crippen LogP contribution in [0.25, 0.3) is 22.1 Å². The first kappa shape index (κ1) is 16.0. The Hall–Kier alpha value is -3.25. The zero-order valence-corrected chi connectivity index (χ0v) is 15.3. The van der Waals surface area contributed by atoms with Crippen LogP contribution in [0.4, 0.5) is 5.69 Å². The molecule has 2 N–H and O–H groups in total. The van der Waals surface area contributed by atoms with Crippen LogP contribution in [0.15, 0.2) is 51.6 Å². The molecule has 5 nitrogen and oxygen atoms in total. The normalized spacial score (nSPS) is 12.6. The molecule has 134 valence electrons. The Bertz CT molecular complexity index is 1200. The SMILES string of the molecule is Cc1cscc1-c1ccc2c(N)c(C(=O)c3cccc4c3OCO4)oc2c1. The number of hydrogen-bond donors (Lipinski definition) is 1. The van der Waals surface area contributed by atoms with Crippen molar-refractivity contribution in [3.05, 3.63) is 64.0 Å². The van der Waals surface area contributed by atoms with Gasteiger partial charge in [0.25, 0.3) is 0 Å². The Morgan fingerprint density at radius 1 is 1.15 bits per heavy atom. The average molecular weight is 377 g/mol. The fourth-order valence-corrected chi connectivity index (χ4v) is 4.20. The highest BCUT2D eigenvalue weighted by Crippen LogP contribution is 2.39. The van der Waals surface area contributed by atoms with Crippen molar-refractivity contribution in [1.82, 2.24) is 0 Å². The number of ketones is 1. The number of carbonyl (C=O) groups excluding carboxylic acids is 1. The van der Waals surface area contributed by atoms with E-state index in [4.69, 9.17) is 19.6 Å². The summed E-state index contributed by atoms with van der Waals surface area (Å²) in [5.41, 5.74) is 10.9. The number of aryl methyl sites for hydroxylation is 1. The minimum atomic E-state index is -0.320. The summed E-state index contributed by atoms with van der Waals surface area (Å²) in [7, 11) is 0. The number of anilines is 1. The van der Waals surface area contributed by atoms with Crippen molar-refractivity contribution in [2.24, 2.45) is 0 Å². The van der Waals surface area contributed by atoms with E-state index in [0.29, 0.717) is 28.3 Å². The van der Waals surface area contributed by atoms with Crippen molar-refractivity contribution in [3.8, 4) is 22.6 Å². The van der Waals surface area contributed by atoms with E-state index in [2.05, 4.69) is 17.7 Å². The third-order valence-electron chi connectivity index (χ3n) is 4.74. The molecular formula is C21H15NO4S. The summed E-state index contributed by atoms with van der Waals surface area (Å²) in [5, 5.41) is 4.92. The van der Waals surface area contributed by atoms with Gasteiger partial charge in [-0.05, 0) is 58.6 Å². The van der Waals surface area contributed by atoms with Crippen molar-refractivity contribution in [1.29, 1.82) is 0 Å². The van der Waals surface area contributed by atoms with Crippen LogP contribution in [-0.2, 0) is 0 Å². The van der Waals surface area contributed by atoms with Crippen LogP contribution in [0.2, 0.25) is 0 Å². The van der Waals surface area contributed by atoms with Crippen LogP contribution in [-0.4, -0.2) is 12.6 Å². The van der Waals surface area contributed by atoms with Crippen molar-refractivity contribution in [2.75, 3.05) is 12.5 Å². The number of nitrogen functional groups attached to an aromatic ring is 1. The van der Waals surface area contributed by atoms with E-state index in [1.807, 2.05) is 18.2 Å². The molecule has 0 amide bonds. The fraction of sp³-hybridized carbons (Fsp3) is 0.0952. The molecule has 5 rings (SSSR count). The monoisotopic (exact) mass is 377 g/mol. The molecule has 0 radical (unpaired) electrons. The van der Waals surface area contributed by atoms with Crippen molar-refractivity contribution < 1.29 is 18.7 Å². The van der Waals surface area contributed by atoms with Gasteiger partial charge in [-0.25, -0.2) is 0 Å². The summed E-state index contributed by atoms with van der Waals surface area (Å²) in [5.74, 6) is 0.773. The zero-order chi connectivity index (χ0) is 18.5. The van der Waals surface area contributed by atoms with Gasteiger partial charge >= 0.3 is 0 Å². The molecule has 0 spiro atoms. The van der Waals surface area contributed by atoms with Crippen LogP contribution in [0, 0.1) is 6.92 Å². The van der Waals surface area contributed by atoms with E-state index < -0.39 is 0 Å². The molecule has 0 fully saturated rings. The number of fused-ring (bicyclic) bond motifs is 2. The summed E-state index contributed by atoms with van der Waals surface area (Å²) in [6.45, 7) is 2.16. The minimum Gasteiger partial charge on any atom is -0.454 e. The molecule has 27 heavy (non-hydrogen) atoms. The van der Waals surface area contributed by atoms with E-state index in [-0.39, 0.29) is 18.3 Å². The second-order valence-corrected chi connectivity index (χ2v) is 7.14. The highest BCUT2D eigenvalue weighted by atomic mass is 32.1. The molecule has 0 saturated carbocycles. The Morgan fingerprint density at radius 3 is 2.85 bits per heavy atom. The molecule has 0 atom stereocenters. The van der Waals surface area contributed by atoms with E-state index >= 15 is 0 Å². The lowest BCUT2D eigenvalue weighted by Crippen LogP contribution is -2.04. The smallest absolute Gasteiger partial charge is 0.234 e. The average Bonchev–Trinajstić information content (AvgIpc) is 3.39. The summed E-state index contributed by atoms with van der Waals surface area (Å²) >= 11 is 1.65. The van der Waals surface area contributed by atoms with Gasteiger partial charge in [0.1, 0.15) is 5.58 Å². The number of nitrogens with two attached hydrogens (primary N) is 1.